The molecule has 5 heteroatoms. The molecular weight excluding hydrogens is 275 g/mol. The molecular formula is C11H6BrFN2O. The molecule has 0 N–H and O–H groups in total. The fourth-order valence-corrected chi connectivity index (χ4v) is 1.78. The lowest BCUT2D eigenvalue weighted by atomic mass is 10.1. The van der Waals surface area contributed by atoms with Crippen LogP contribution in [0.25, 0.3) is 0 Å². The zero-order valence-corrected chi connectivity index (χ0v) is 9.61. The molecule has 2 rings (SSSR count). The Balaban J connectivity index is 2.42. The Morgan fingerprint density at radius 1 is 1.25 bits per heavy atom. The number of hydrogen-bond acceptors (Lipinski definition) is 3. The summed E-state index contributed by atoms with van der Waals surface area (Å²) in [5.41, 5.74) is 0.756. The van der Waals surface area contributed by atoms with Crippen LogP contribution in [0.15, 0.2) is 41.4 Å². The third-order valence-electron chi connectivity index (χ3n) is 2.00. The first-order chi connectivity index (χ1) is 7.68. The molecule has 2 aromatic rings. The van der Waals surface area contributed by atoms with Crippen molar-refractivity contribution in [1.29, 1.82) is 0 Å². The van der Waals surface area contributed by atoms with Crippen LogP contribution in [-0.4, -0.2) is 15.8 Å². The van der Waals surface area contributed by atoms with Crippen molar-refractivity contribution in [3.8, 4) is 0 Å². The summed E-state index contributed by atoms with van der Waals surface area (Å²) < 4.78 is 13.3. The smallest absolute Gasteiger partial charge is 0.197 e. The number of benzene rings is 1. The predicted molar refractivity (Wildman–Crippen MR) is 59.6 cm³/mol. The van der Waals surface area contributed by atoms with Crippen molar-refractivity contribution in [3.05, 3.63) is 58.3 Å². The Kier molecular flexibility index (Phi) is 3.05. The van der Waals surface area contributed by atoms with Crippen molar-refractivity contribution in [1.82, 2.24) is 9.97 Å². The van der Waals surface area contributed by atoms with Crippen LogP contribution >= 0.6 is 15.9 Å². The molecule has 3 nitrogen and oxygen atoms in total. The molecule has 1 aromatic heterocycles. The van der Waals surface area contributed by atoms with E-state index in [1.165, 1.54) is 36.9 Å². The molecule has 1 aromatic carbocycles. The molecule has 0 unspecified atom stereocenters. The minimum Gasteiger partial charge on any atom is -0.288 e. The Bertz CT molecular complexity index is 531. The summed E-state index contributed by atoms with van der Waals surface area (Å²) in [6.07, 6.45) is 4.19. The monoisotopic (exact) mass is 280 g/mol. The number of carbonyl (C=O) groups is 1. The standard InChI is InChI=1S/C11H6BrFN2O/c12-10-3-8(13)1-2-9(10)11(16)7-4-14-6-15-5-7/h1-6H. The van der Waals surface area contributed by atoms with Gasteiger partial charge >= 0.3 is 0 Å². The minimum atomic E-state index is -0.396. The Morgan fingerprint density at radius 2 is 1.94 bits per heavy atom. The highest BCUT2D eigenvalue weighted by Crippen LogP contribution is 2.20. The highest BCUT2D eigenvalue weighted by atomic mass is 79.9. The van der Waals surface area contributed by atoms with Crippen LogP contribution in [0.2, 0.25) is 0 Å². The average molecular weight is 281 g/mol. The fourth-order valence-electron chi connectivity index (χ4n) is 1.25. The molecule has 16 heavy (non-hydrogen) atoms. The summed E-state index contributed by atoms with van der Waals surface area (Å²) in [7, 11) is 0. The Hall–Kier alpha value is -1.62. The normalized spacial score (nSPS) is 10.1. The van der Waals surface area contributed by atoms with E-state index in [9.17, 15) is 9.18 Å². The van der Waals surface area contributed by atoms with E-state index in [1.807, 2.05) is 0 Å². The van der Waals surface area contributed by atoms with Crippen molar-refractivity contribution in [2.24, 2.45) is 0 Å². The number of ketones is 1. The zero-order valence-electron chi connectivity index (χ0n) is 8.02. The van der Waals surface area contributed by atoms with Gasteiger partial charge in [-0.05, 0) is 34.1 Å². The van der Waals surface area contributed by atoms with Gasteiger partial charge in [0.25, 0.3) is 0 Å². The number of hydrogen-bond donors (Lipinski definition) is 0. The van der Waals surface area contributed by atoms with Crippen LogP contribution in [0.3, 0.4) is 0 Å². The van der Waals surface area contributed by atoms with Gasteiger partial charge in [0, 0.05) is 22.4 Å². The molecule has 80 valence electrons. The van der Waals surface area contributed by atoms with Gasteiger partial charge in [0.15, 0.2) is 5.78 Å². The maximum atomic E-state index is 12.8. The quantitative estimate of drug-likeness (QED) is 0.795. The lowest BCUT2D eigenvalue weighted by molar-refractivity contribution is 0.103. The van der Waals surface area contributed by atoms with Crippen LogP contribution in [0.5, 0.6) is 0 Å². The Labute approximate surface area is 99.5 Å². The van der Waals surface area contributed by atoms with Gasteiger partial charge in [-0.2, -0.15) is 0 Å². The molecule has 1 heterocycles. The summed E-state index contributed by atoms with van der Waals surface area (Å²) in [4.78, 5) is 19.5. The van der Waals surface area contributed by atoms with Gasteiger partial charge in [-0.25, -0.2) is 14.4 Å². The summed E-state index contributed by atoms with van der Waals surface area (Å²) in [6.45, 7) is 0. The lowest BCUT2D eigenvalue weighted by Gasteiger charge is -2.02. The predicted octanol–water partition coefficient (Wildman–Crippen LogP) is 2.61. The van der Waals surface area contributed by atoms with E-state index in [1.54, 1.807) is 0 Å². The van der Waals surface area contributed by atoms with Gasteiger partial charge in [0.05, 0.1) is 5.56 Å². The van der Waals surface area contributed by atoms with Gasteiger partial charge < -0.3 is 0 Å². The molecule has 0 atom stereocenters. The van der Waals surface area contributed by atoms with E-state index >= 15 is 0 Å². The second-order valence-electron chi connectivity index (χ2n) is 3.08. The van der Waals surface area contributed by atoms with Gasteiger partial charge in [-0.15, -0.1) is 0 Å². The summed E-state index contributed by atoms with van der Waals surface area (Å²) in [5.74, 6) is -0.639. The van der Waals surface area contributed by atoms with E-state index in [2.05, 4.69) is 25.9 Å². The van der Waals surface area contributed by atoms with E-state index in [4.69, 9.17) is 0 Å². The molecule has 0 bridgehead atoms. The van der Waals surface area contributed by atoms with Crippen molar-refractivity contribution < 1.29 is 9.18 Å². The average Bonchev–Trinajstić information content (AvgIpc) is 2.29. The van der Waals surface area contributed by atoms with Gasteiger partial charge in [0.2, 0.25) is 0 Å². The first-order valence-electron chi connectivity index (χ1n) is 4.43. The molecule has 0 aliphatic rings. The summed E-state index contributed by atoms with van der Waals surface area (Å²) in [5, 5.41) is 0. The number of carbonyl (C=O) groups excluding carboxylic acids is 1. The number of aromatic nitrogens is 2. The topological polar surface area (TPSA) is 42.9 Å². The third kappa shape index (κ3) is 2.14. The minimum absolute atomic E-state index is 0.243. The van der Waals surface area contributed by atoms with Crippen LogP contribution in [0.4, 0.5) is 4.39 Å². The molecule has 0 radical (unpaired) electrons. The second kappa shape index (κ2) is 4.49. The fraction of sp³-hybridized carbons (Fsp3) is 0. The molecule has 0 aliphatic carbocycles. The summed E-state index contributed by atoms with van der Waals surface area (Å²) in [6, 6.07) is 3.91. The van der Waals surface area contributed by atoms with Crippen molar-refractivity contribution in [2.45, 2.75) is 0 Å². The molecule has 0 amide bonds. The maximum Gasteiger partial charge on any atom is 0.197 e. The summed E-state index contributed by atoms with van der Waals surface area (Å²) >= 11 is 3.14. The van der Waals surface area contributed by atoms with Crippen molar-refractivity contribution in [3.63, 3.8) is 0 Å². The van der Waals surface area contributed by atoms with E-state index in [0.717, 1.165) is 0 Å². The van der Waals surface area contributed by atoms with Crippen molar-refractivity contribution >= 4 is 21.7 Å². The van der Waals surface area contributed by atoms with Gasteiger partial charge in [-0.1, -0.05) is 0 Å². The Morgan fingerprint density at radius 3 is 2.56 bits per heavy atom. The van der Waals surface area contributed by atoms with Crippen LogP contribution < -0.4 is 0 Å². The zero-order chi connectivity index (χ0) is 11.5. The first kappa shape index (κ1) is 10.9. The third-order valence-corrected chi connectivity index (χ3v) is 2.65. The van der Waals surface area contributed by atoms with Crippen LogP contribution in [-0.2, 0) is 0 Å². The van der Waals surface area contributed by atoms with E-state index in [0.29, 0.717) is 15.6 Å². The number of rotatable bonds is 2. The molecule has 0 saturated heterocycles. The molecule has 0 spiro atoms. The lowest BCUT2D eigenvalue weighted by Crippen LogP contribution is -2.03. The number of nitrogens with zero attached hydrogens (tertiary/aromatic N) is 2. The SMILES string of the molecule is O=C(c1cncnc1)c1ccc(F)cc1Br. The highest BCUT2D eigenvalue weighted by Gasteiger charge is 2.13. The molecule has 0 aliphatic heterocycles. The number of halogens is 2. The maximum absolute atomic E-state index is 12.8. The van der Waals surface area contributed by atoms with Crippen LogP contribution in [0, 0.1) is 5.82 Å². The van der Waals surface area contributed by atoms with E-state index in [-0.39, 0.29) is 5.78 Å². The highest BCUT2D eigenvalue weighted by molar-refractivity contribution is 9.10. The second-order valence-corrected chi connectivity index (χ2v) is 3.93. The van der Waals surface area contributed by atoms with Gasteiger partial charge in [0.1, 0.15) is 12.1 Å². The van der Waals surface area contributed by atoms with Crippen LogP contribution in [0.1, 0.15) is 15.9 Å². The molecule has 0 fully saturated rings. The molecule has 0 saturated carbocycles. The largest absolute Gasteiger partial charge is 0.288 e. The first-order valence-corrected chi connectivity index (χ1v) is 5.22. The van der Waals surface area contributed by atoms with Gasteiger partial charge in [-0.3, -0.25) is 4.79 Å². The van der Waals surface area contributed by atoms with Crippen molar-refractivity contribution in [2.75, 3.05) is 0 Å². The van der Waals surface area contributed by atoms with E-state index < -0.39 is 5.82 Å².